The lowest BCUT2D eigenvalue weighted by Crippen LogP contribution is -2.47. The summed E-state index contributed by atoms with van der Waals surface area (Å²) in [5.41, 5.74) is 0.893. The maximum atomic E-state index is 6.04. The van der Waals surface area contributed by atoms with Crippen molar-refractivity contribution in [2.75, 3.05) is 37.7 Å². The van der Waals surface area contributed by atoms with Gasteiger partial charge in [-0.2, -0.15) is 16.7 Å². The van der Waals surface area contributed by atoms with E-state index in [-0.39, 0.29) is 0 Å². The quantitative estimate of drug-likeness (QED) is 0.812. The molecule has 1 aromatic heterocycles. The Balaban J connectivity index is 1.31. The molecular formula is C18H23ClN4OS. The number of aromatic nitrogens is 2. The number of hydrogen-bond donors (Lipinski definition) is 0. The minimum atomic E-state index is 0.609. The number of likely N-dealkylation sites (tertiary alicyclic amines) is 1. The van der Waals surface area contributed by atoms with Crippen LogP contribution in [0.3, 0.4) is 0 Å². The van der Waals surface area contributed by atoms with Crippen molar-refractivity contribution >= 4 is 23.4 Å². The fraction of sp³-hybridized carbons (Fsp3) is 0.556. The molecule has 7 heteroatoms. The van der Waals surface area contributed by atoms with Crippen LogP contribution in [0.4, 0.5) is 0 Å². The second-order valence-corrected chi connectivity index (χ2v) is 8.34. The molecule has 4 rings (SSSR count). The van der Waals surface area contributed by atoms with Gasteiger partial charge in [-0.05, 0) is 25.0 Å². The first kappa shape index (κ1) is 17.3. The zero-order valence-corrected chi connectivity index (χ0v) is 15.8. The molecule has 0 saturated carbocycles. The van der Waals surface area contributed by atoms with Gasteiger partial charge in [-0.1, -0.05) is 28.9 Å². The summed E-state index contributed by atoms with van der Waals surface area (Å²) < 4.78 is 5.45. The Kier molecular flexibility index (Phi) is 5.60. The predicted molar refractivity (Wildman–Crippen MR) is 102 cm³/mol. The van der Waals surface area contributed by atoms with Gasteiger partial charge in [0, 0.05) is 54.3 Å². The van der Waals surface area contributed by atoms with Crippen molar-refractivity contribution in [3.05, 3.63) is 35.2 Å². The summed E-state index contributed by atoms with van der Waals surface area (Å²) in [5, 5.41) is 4.78. The number of hydrogen-bond acceptors (Lipinski definition) is 6. The molecule has 5 nitrogen and oxygen atoms in total. The summed E-state index contributed by atoms with van der Waals surface area (Å²) in [7, 11) is 0. The van der Waals surface area contributed by atoms with Crippen molar-refractivity contribution in [2.24, 2.45) is 0 Å². The van der Waals surface area contributed by atoms with Crippen LogP contribution in [0.5, 0.6) is 0 Å². The Labute approximate surface area is 157 Å². The Morgan fingerprint density at radius 2 is 1.96 bits per heavy atom. The summed E-state index contributed by atoms with van der Waals surface area (Å²) in [6, 6.07) is 8.30. The fourth-order valence-electron chi connectivity index (χ4n) is 3.64. The minimum absolute atomic E-state index is 0.609. The Hall–Kier alpha value is -1.08. The Morgan fingerprint density at radius 3 is 2.72 bits per heavy atom. The van der Waals surface area contributed by atoms with Crippen LogP contribution in [0.1, 0.15) is 18.7 Å². The monoisotopic (exact) mass is 378 g/mol. The first-order valence-corrected chi connectivity index (χ1v) is 10.4. The molecule has 0 bridgehead atoms. The van der Waals surface area contributed by atoms with E-state index in [9.17, 15) is 0 Å². The molecule has 2 fully saturated rings. The highest BCUT2D eigenvalue weighted by Crippen LogP contribution is 2.23. The van der Waals surface area contributed by atoms with Crippen LogP contribution in [0.25, 0.3) is 11.4 Å². The van der Waals surface area contributed by atoms with E-state index >= 15 is 0 Å². The van der Waals surface area contributed by atoms with E-state index in [1.807, 2.05) is 24.3 Å². The average molecular weight is 379 g/mol. The van der Waals surface area contributed by atoms with Crippen LogP contribution in [-0.2, 0) is 6.54 Å². The lowest BCUT2D eigenvalue weighted by atomic mass is 10.0. The molecule has 2 aliphatic rings. The predicted octanol–water partition coefficient (Wildman–Crippen LogP) is 3.40. The molecule has 0 unspecified atom stereocenters. The van der Waals surface area contributed by atoms with Crippen molar-refractivity contribution < 1.29 is 4.52 Å². The van der Waals surface area contributed by atoms with E-state index in [1.54, 1.807) is 0 Å². The number of halogens is 1. The highest BCUT2D eigenvalue weighted by molar-refractivity contribution is 7.99. The number of rotatable bonds is 4. The highest BCUT2D eigenvalue weighted by Gasteiger charge is 2.26. The first-order valence-electron chi connectivity index (χ1n) is 8.90. The summed E-state index contributed by atoms with van der Waals surface area (Å²) in [5.74, 6) is 3.86. The van der Waals surface area contributed by atoms with E-state index < -0.39 is 0 Å². The van der Waals surface area contributed by atoms with Crippen molar-refractivity contribution in [3.63, 3.8) is 0 Å². The van der Waals surface area contributed by atoms with Gasteiger partial charge in [0.1, 0.15) is 0 Å². The molecule has 2 aliphatic heterocycles. The van der Waals surface area contributed by atoms with Crippen LogP contribution >= 0.6 is 23.4 Å². The smallest absolute Gasteiger partial charge is 0.241 e. The van der Waals surface area contributed by atoms with Gasteiger partial charge in [-0.25, -0.2) is 0 Å². The number of benzene rings is 1. The number of thioether (sulfide) groups is 1. The van der Waals surface area contributed by atoms with Crippen molar-refractivity contribution in [2.45, 2.75) is 25.4 Å². The zero-order valence-electron chi connectivity index (χ0n) is 14.2. The topological polar surface area (TPSA) is 45.4 Å². The maximum Gasteiger partial charge on any atom is 0.241 e. The van der Waals surface area contributed by atoms with Gasteiger partial charge in [0.2, 0.25) is 11.7 Å². The van der Waals surface area contributed by atoms with Crippen molar-refractivity contribution in [1.82, 2.24) is 19.9 Å². The zero-order chi connectivity index (χ0) is 17.1. The molecule has 0 spiro atoms. The van der Waals surface area contributed by atoms with Gasteiger partial charge in [0.25, 0.3) is 0 Å². The van der Waals surface area contributed by atoms with E-state index in [0.717, 1.165) is 31.2 Å². The van der Waals surface area contributed by atoms with E-state index in [4.69, 9.17) is 16.1 Å². The van der Waals surface area contributed by atoms with Crippen LogP contribution < -0.4 is 0 Å². The van der Waals surface area contributed by atoms with Crippen molar-refractivity contribution in [3.8, 4) is 11.4 Å². The van der Waals surface area contributed by atoms with Gasteiger partial charge in [0.05, 0.1) is 6.54 Å². The van der Waals surface area contributed by atoms with Gasteiger partial charge >= 0.3 is 0 Å². The summed E-state index contributed by atoms with van der Waals surface area (Å²) in [6.07, 6.45) is 2.47. The molecule has 0 atom stereocenters. The fourth-order valence-corrected chi connectivity index (χ4v) is 4.76. The molecule has 2 aromatic rings. The lowest BCUT2D eigenvalue weighted by molar-refractivity contribution is 0.105. The normalized spacial score (nSPS) is 20.8. The lowest BCUT2D eigenvalue weighted by Gasteiger charge is -2.39. The molecule has 0 N–H and O–H groups in total. The number of nitrogens with zero attached hydrogens (tertiary/aromatic N) is 4. The summed E-state index contributed by atoms with van der Waals surface area (Å²) in [6.45, 7) is 5.44. The molecule has 2 saturated heterocycles. The molecule has 25 heavy (non-hydrogen) atoms. The molecule has 0 radical (unpaired) electrons. The highest BCUT2D eigenvalue weighted by atomic mass is 35.5. The average Bonchev–Trinajstić information content (AvgIpc) is 3.12. The Bertz CT molecular complexity index is 696. The summed E-state index contributed by atoms with van der Waals surface area (Å²) in [4.78, 5) is 9.63. The molecular weight excluding hydrogens is 356 g/mol. The third kappa shape index (κ3) is 4.37. The molecule has 0 aliphatic carbocycles. The second kappa shape index (κ2) is 8.08. The third-order valence-corrected chi connectivity index (χ3v) is 6.21. The SMILES string of the molecule is Clc1cccc(-c2noc(CN3CCC(N4CCSCC4)CC3)n2)c1. The van der Waals surface area contributed by atoms with Crippen LogP contribution in [0.2, 0.25) is 5.02 Å². The maximum absolute atomic E-state index is 6.04. The van der Waals surface area contributed by atoms with Crippen molar-refractivity contribution in [1.29, 1.82) is 0 Å². The minimum Gasteiger partial charge on any atom is -0.338 e. The first-order chi connectivity index (χ1) is 12.3. The third-order valence-electron chi connectivity index (χ3n) is 5.03. The molecule has 1 aromatic carbocycles. The molecule has 134 valence electrons. The Morgan fingerprint density at radius 1 is 1.16 bits per heavy atom. The van der Waals surface area contributed by atoms with Crippen LogP contribution in [-0.4, -0.2) is 63.7 Å². The van der Waals surface area contributed by atoms with E-state index in [0.29, 0.717) is 16.7 Å². The van der Waals surface area contributed by atoms with Gasteiger partial charge in [-0.3, -0.25) is 9.80 Å². The van der Waals surface area contributed by atoms with E-state index in [2.05, 4.69) is 31.7 Å². The molecule has 3 heterocycles. The van der Waals surface area contributed by atoms with Gasteiger partial charge in [0.15, 0.2) is 0 Å². The number of piperidine rings is 1. The van der Waals surface area contributed by atoms with Crippen LogP contribution in [0.15, 0.2) is 28.8 Å². The van der Waals surface area contributed by atoms with E-state index in [1.165, 1.54) is 37.4 Å². The molecule has 0 amide bonds. The second-order valence-electron chi connectivity index (χ2n) is 6.68. The van der Waals surface area contributed by atoms with Gasteiger partial charge < -0.3 is 4.52 Å². The largest absolute Gasteiger partial charge is 0.338 e. The van der Waals surface area contributed by atoms with Crippen LogP contribution in [0, 0.1) is 0 Å². The standard InChI is InChI=1S/C18H23ClN4OS/c19-15-3-1-2-14(12-15)18-20-17(24-21-18)13-22-6-4-16(5-7-22)23-8-10-25-11-9-23/h1-3,12,16H,4-11,13H2. The summed E-state index contributed by atoms with van der Waals surface area (Å²) >= 11 is 8.11. The van der Waals surface area contributed by atoms with Gasteiger partial charge in [-0.15, -0.1) is 0 Å².